The zero-order valence-corrected chi connectivity index (χ0v) is 15.2. The summed E-state index contributed by atoms with van der Waals surface area (Å²) in [4.78, 5) is 2.27. The molecule has 5 heteroatoms. The third-order valence-electron chi connectivity index (χ3n) is 3.65. The maximum atomic E-state index is 6.02. The van der Waals surface area contributed by atoms with Crippen molar-refractivity contribution >= 4 is 27.3 Å². The van der Waals surface area contributed by atoms with Crippen LogP contribution in [0.3, 0.4) is 0 Å². The average molecular weight is 379 g/mol. The molecule has 0 fully saturated rings. The molecule has 0 saturated carbocycles. The largest absolute Gasteiger partial charge is 0.399 e. The number of nitrogen functional groups attached to an aromatic ring is 1. The molecule has 2 aromatic carbocycles. The Morgan fingerprint density at radius 1 is 0.957 bits per heavy atom. The van der Waals surface area contributed by atoms with E-state index in [0.717, 1.165) is 40.1 Å². The molecule has 0 spiro atoms. The van der Waals surface area contributed by atoms with E-state index in [2.05, 4.69) is 39.0 Å². The third kappa shape index (κ3) is 4.96. The van der Waals surface area contributed by atoms with Crippen molar-refractivity contribution in [3.8, 4) is 11.1 Å². The summed E-state index contributed by atoms with van der Waals surface area (Å²) < 4.78 is 11.5. The Morgan fingerprint density at radius 2 is 1.57 bits per heavy atom. The van der Waals surface area contributed by atoms with Crippen LogP contribution in [-0.2, 0) is 9.47 Å². The van der Waals surface area contributed by atoms with Gasteiger partial charge in [0.2, 0.25) is 0 Å². The standard InChI is InChI=1S/C18H23BrN2O2/c1-22-11-9-21(10-12-23-2)18-8-7-16(20)13-17(18)14-3-5-15(19)6-4-14/h3-8,13H,9-12,20H2,1-2H3. The number of hydrogen-bond donors (Lipinski definition) is 1. The average Bonchev–Trinajstić information content (AvgIpc) is 2.56. The van der Waals surface area contributed by atoms with Gasteiger partial charge in [0, 0.05) is 48.7 Å². The van der Waals surface area contributed by atoms with E-state index < -0.39 is 0 Å². The Kier molecular flexibility index (Phi) is 6.89. The number of nitrogens with zero attached hydrogens (tertiary/aromatic N) is 1. The van der Waals surface area contributed by atoms with Gasteiger partial charge in [-0.25, -0.2) is 0 Å². The fraction of sp³-hybridized carbons (Fsp3) is 0.333. The number of nitrogens with two attached hydrogens (primary N) is 1. The number of hydrogen-bond acceptors (Lipinski definition) is 4. The third-order valence-corrected chi connectivity index (χ3v) is 4.18. The van der Waals surface area contributed by atoms with Gasteiger partial charge < -0.3 is 20.1 Å². The number of anilines is 2. The highest BCUT2D eigenvalue weighted by atomic mass is 79.9. The van der Waals surface area contributed by atoms with E-state index in [9.17, 15) is 0 Å². The highest BCUT2D eigenvalue weighted by Crippen LogP contribution is 2.33. The van der Waals surface area contributed by atoms with Crippen molar-refractivity contribution in [2.45, 2.75) is 0 Å². The van der Waals surface area contributed by atoms with Crippen LogP contribution in [0.25, 0.3) is 11.1 Å². The lowest BCUT2D eigenvalue weighted by Gasteiger charge is -2.27. The normalized spacial score (nSPS) is 10.7. The molecule has 0 bridgehead atoms. The van der Waals surface area contributed by atoms with Crippen LogP contribution in [0.2, 0.25) is 0 Å². The predicted molar refractivity (Wildman–Crippen MR) is 100.0 cm³/mol. The first kappa shape index (κ1) is 17.8. The minimum absolute atomic E-state index is 0.661. The Hall–Kier alpha value is -1.56. The second kappa shape index (κ2) is 8.91. The molecule has 0 aliphatic heterocycles. The molecule has 0 aromatic heterocycles. The summed E-state index contributed by atoms with van der Waals surface area (Å²) in [6.07, 6.45) is 0. The van der Waals surface area contributed by atoms with Crippen molar-refractivity contribution in [1.29, 1.82) is 0 Å². The topological polar surface area (TPSA) is 47.7 Å². The van der Waals surface area contributed by atoms with Crippen LogP contribution in [0.15, 0.2) is 46.9 Å². The molecular formula is C18H23BrN2O2. The van der Waals surface area contributed by atoms with Gasteiger partial charge in [-0.05, 0) is 35.9 Å². The van der Waals surface area contributed by atoms with Gasteiger partial charge in [0.1, 0.15) is 0 Å². The van der Waals surface area contributed by atoms with Gasteiger partial charge in [-0.1, -0.05) is 28.1 Å². The molecule has 2 rings (SSSR count). The summed E-state index contributed by atoms with van der Waals surface area (Å²) in [5, 5.41) is 0. The van der Waals surface area contributed by atoms with Crippen molar-refractivity contribution in [2.75, 3.05) is 51.2 Å². The highest BCUT2D eigenvalue weighted by molar-refractivity contribution is 9.10. The first-order valence-electron chi connectivity index (χ1n) is 7.54. The molecule has 0 aliphatic carbocycles. The fourth-order valence-corrected chi connectivity index (χ4v) is 2.71. The van der Waals surface area contributed by atoms with Gasteiger partial charge in [0.25, 0.3) is 0 Å². The quantitative estimate of drug-likeness (QED) is 0.709. The van der Waals surface area contributed by atoms with Crippen LogP contribution in [0.5, 0.6) is 0 Å². The highest BCUT2D eigenvalue weighted by Gasteiger charge is 2.13. The minimum Gasteiger partial charge on any atom is -0.399 e. The van der Waals surface area contributed by atoms with Gasteiger partial charge in [-0.3, -0.25) is 0 Å². The summed E-state index contributed by atoms with van der Waals surface area (Å²) in [5.74, 6) is 0. The van der Waals surface area contributed by atoms with Gasteiger partial charge in [-0.15, -0.1) is 0 Å². The molecule has 124 valence electrons. The SMILES string of the molecule is COCCN(CCOC)c1ccc(N)cc1-c1ccc(Br)cc1. The molecule has 0 amide bonds. The zero-order chi connectivity index (χ0) is 16.7. The van der Waals surface area contributed by atoms with E-state index in [1.165, 1.54) is 0 Å². The predicted octanol–water partition coefficient (Wildman–Crippen LogP) is 3.80. The molecule has 4 nitrogen and oxygen atoms in total. The fourth-order valence-electron chi connectivity index (χ4n) is 2.45. The smallest absolute Gasteiger partial charge is 0.0637 e. The monoisotopic (exact) mass is 378 g/mol. The van der Waals surface area contributed by atoms with Crippen LogP contribution < -0.4 is 10.6 Å². The van der Waals surface area contributed by atoms with E-state index in [0.29, 0.717) is 13.2 Å². The number of ether oxygens (including phenoxy) is 2. The van der Waals surface area contributed by atoms with E-state index in [-0.39, 0.29) is 0 Å². The molecule has 0 aliphatic rings. The van der Waals surface area contributed by atoms with Gasteiger partial charge in [-0.2, -0.15) is 0 Å². The summed E-state index contributed by atoms with van der Waals surface area (Å²) in [7, 11) is 3.43. The minimum atomic E-state index is 0.661. The second-order valence-corrected chi connectivity index (χ2v) is 6.17. The lowest BCUT2D eigenvalue weighted by atomic mass is 10.0. The Morgan fingerprint density at radius 3 is 2.13 bits per heavy atom. The summed E-state index contributed by atoms with van der Waals surface area (Å²) in [5.41, 5.74) is 10.2. The first-order valence-corrected chi connectivity index (χ1v) is 8.33. The maximum absolute atomic E-state index is 6.02. The van der Waals surface area contributed by atoms with Gasteiger partial charge in [0.15, 0.2) is 0 Å². The van der Waals surface area contributed by atoms with E-state index in [1.807, 2.05) is 24.3 Å². The molecule has 23 heavy (non-hydrogen) atoms. The zero-order valence-electron chi connectivity index (χ0n) is 13.6. The van der Waals surface area contributed by atoms with Crippen molar-refractivity contribution in [1.82, 2.24) is 0 Å². The number of rotatable bonds is 8. The summed E-state index contributed by atoms with van der Waals surface area (Å²) >= 11 is 3.48. The van der Waals surface area contributed by atoms with Crippen LogP contribution in [0.4, 0.5) is 11.4 Å². The molecular weight excluding hydrogens is 356 g/mol. The number of methoxy groups -OCH3 is 2. The van der Waals surface area contributed by atoms with Crippen molar-refractivity contribution in [2.24, 2.45) is 0 Å². The van der Waals surface area contributed by atoms with Gasteiger partial charge >= 0.3 is 0 Å². The maximum Gasteiger partial charge on any atom is 0.0637 e. The molecule has 2 aromatic rings. The molecule has 0 saturated heterocycles. The van der Waals surface area contributed by atoms with Crippen LogP contribution >= 0.6 is 15.9 Å². The van der Waals surface area contributed by atoms with Gasteiger partial charge in [0.05, 0.1) is 13.2 Å². The molecule has 0 atom stereocenters. The molecule has 2 N–H and O–H groups in total. The number of halogens is 1. The molecule has 0 radical (unpaired) electrons. The van der Waals surface area contributed by atoms with Crippen molar-refractivity contribution < 1.29 is 9.47 Å². The Labute approximate surface area is 146 Å². The van der Waals surface area contributed by atoms with E-state index in [1.54, 1.807) is 14.2 Å². The summed E-state index contributed by atoms with van der Waals surface area (Å²) in [6.45, 7) is 2.92. The Balaban J connectivity index is 2.40. The van der Waals surface area contributed by atoms with Crippen molar-refractivity contribution in [3.05, 3.63) is 46.9 Å². The summed E-state index contributed by atoms with van der Waals surface area (Å²) in [6, 6.07) is 14.3. The number of benzene rings is 2. The lowest BCUT2D eigenvalue weighted by molar-refractivity contribution is 0.190. The lowest BCUT2D eigenvalue weighted by Crippen LogP contribution is -2.31. The first-order chi connectivity index (χ1) is 11.2. The van der Waals surface area contributed by atoms with Crippen LogP contribution in [0, 0.1) is 0 Å². The second-order valence-electron chi connectivity index (χ2n) is 5.26. The molecule has 0 heterocycles. The van der Waals surface area contributed by atoms with Crippen molar-refractivity contribution in [3.63, 3.8) is 0 Å². The van der Waals surface area contributed by atoms with E-state index in [4.69, 9.17) is 15.2 Å². The van der Waals surface area contributed by atoms with Crippen LogP contribution in [0.1, 0.15) is 0 Å². The Bertz CT molecular complexity index is 609. The van der Waals surface area contributed by atoms with Crippen LogP contribution in [-0.4, -0.2) is 40.5 Å². The molecule has 0 unspecified atom stereocenters. The van der Waals surface area contributed by atoms with E-state index >= 15 is 0 Å².